The number of nitrogen functional groups attached to an aromatic ring is 1. The van der Waals surface area contributed by atoms with Crippen LogP contribution >= 0.6 is 11.8 Å². The number of thioether (sulfide) groups is 1. The number of aliphatic hydroxyl groups excluding tert-OH is 1. The van der Waals surface area contributed by atoms with Crippen LogP contribution < -0.4 is 10.5 Å². The van der Waals surface area contributed by atoms with E-state index in [0.717, 1.165) is 32.8 Å². The van der Waals surface area contributed by atoms with Crippen LogP contribution in [-0.2, 0) is 32.6 Å². The summed E-state index contributed by atoms with van der Waals surface area (Å²) in [6.45, 7) is 0.157. The molecule has 0 amide bonds. The number of nitrogens with two attached hydrogens (primary N) is 1. The van der Waals surface area contributed by atoms with Gasteiger partial charge in [0.15, 0.2) is 6.29 Å². The summed E-state index contributed by atoms with van der Waals surface area (Å²) < 4.78 is 40.6. The molecule has 4 N–H and O–H groups in total. The number of benzene rings is 4. The molecular weight excluding hydrogens is 544 g/mol. The van der Waals surface area contributed by atoms with Crippen LogP contribution in [0.4, 0.5) is 5.69 Å². The van der Waals surface area contributed by atoms with Crippen LogP contribution in [0.5, 0.6) is 0 Å². The Morgan fingerprint density at radius 1 is 0.825 bits per heavy atom. The molecule has 4 aromatic carbocycles. The number of rotatable bonds is 10. The molecule has 1 aliphatic heterocycles. The van der Waals surface area contributed by atoms with Crippen molar-refractivity contribution in [3.05, 3.63) is 125 Å². The van der Waals surface area contributed by atoms with Gasteiger partial charge >= 0.3 is 0 Å². The van der Waals surface area contributed by atoms with E-state index in [9.17, 15) is 13.5 Å². The summed E-state index contributed by atoms with van der Waals surface area (Å²) >= 11 is 1.66. The van der Waals surface area contributed by atoms with Crippen LogP contribution in [0.25, 0.3) is 0 Å². The zero-order valence-electron chi connectivity index (χ0n) is 21.8. The number of hydrogen-bond acceptors (Lipinski definition) is 7. The maximum atomic E-state index is 12.6. The van der Waals surface area contributed by atoms with Gasteiger partial charge in [0, 0.05) is 34.9 Å². The van der Waals surface area contributed by atoms with E-state index in [1.54, 1.807) is 42.1 Å². The summed E-state index contributed by atoms with van der Waals surface area (Å²) in [6.07, 6.45) is -0.204. The zero-order valence-corrected chi connectivity index (χ0v) is 23.5. The van der Waals surface area contributed by atoms with E-state index >= 15 is 0 Å². The second-order valence-electron chi connectivity index (χ2n) is 9.58. The first kappa shape index (κ1) is 28.4. The standard InChI is InChI=1S/C31H32N2O5S2/c32-28-8-4-5-9-30(28)39-21-26-18-29(24-14-12-23(20-34)13-15-24)38-31(37-26)25-16-10-22(11-17-25)19-33-40(35,36)27-6-2-1-3-7-27/h1-17,26,29,31,33-34H,18-21,32H2/t26-,29+,31?/m0/s1. The Balaban J connectivity index is 1.29. The molecule has 0 bridgehead atoms. The second kappa shape index (κ2) is 13.0. The van der Waals surface area contributed by atoms with Crippen molar-refractivity contribution in [3.63, 3.8) is 0 Å². The minimum Gasteiger partial charge on any atom is -0.398 e. The third-order valence-corrected chi connectivity index (χ3v) is 9.37. The highest BCUT2D eigenvalue weighted by Crippen LogP contribution is 2.40. The summed E-state index contributed by atoms with van der Waals surface area (Å²) in [5.41, 5.74) is 10.4. The SMILES string of the molecule is Nc1ccccc1SC[C@@H]1C[C@H](c2ccc(CO)cc2)OC(c2ccc(CNS(=O)(=O)c3ccccc3)cc2)O1. The lowest BCUT2D eigenvalue weighted by atomic mass is 10.0. The van der Waals surface area contributed by atoms with E-state index in [0.29, 0.717) is 12.2 Å². The molecule has 3 atom stereocenters. The minimum absolute atomic E-state index is 0.0108. The first-order valence-electron chi connectivity index (χ1n) is 13.0. The molecule has 40 heavy (non-hydrogen) atoms. The molecule has 7 nitrogen and oxygen atoms in total. The average molecular weight is 577 g/mol. The zero-order chi connectivity index (χ0) is 28.0. The fraction of sp³-hybridized carbons (Fsp3) is 0.226. The molecule has 0 aliphatic carbocycles. The highest BCUT2D eigenvalue weighted by Gasteiger charge is 2.32. The maximum absolute atomic E-state index is 12.6. The van der Waals surface area contributed by atoms with E-state index in [-0.39, 0.29) is 30.3 Å². The summed E-state index contributed by atoms with van der Waals surface area (Å²) in [4.78, 5) is 1.25. The first-order chi connectivity index (χ1) is 19.4. The van der Waals surface area contributed by atoms with Crippen LogP contribution in [0, 0.1) is 0 Å². The van der Waals surface area contributed by atoms with Crippen molar-refractivity contribution in [1.82, 2.24) is 4.72 Å². The molecule has 1 fully saturated rings. The van der Waals surface area contributed by atoms with Crippen molar-refractivity contribution in [1.29, 1.82) is 0 Å². The van der Waals surface area contributed by atoms with Gasteiger partial charge in [-0.1, -0.05) is 78.9 Å². The van der Waals surface area contributed by atoms with Gasteiger partial charge in [-0.2, -0.15) is 0 Å². The summed E-state index contributed by atoms with van der Waals surface area (Å²) in [5.74, 6) is 0.707. The topological polar surface area (TPSA) is 111 Å². The van der Waals surface area contributed by atoms with Crippen LogP contribution in [0.1, 0.15) is 41.1 Å². The Morgan fingerprint density at radius 3 is 2.17 bits per heavy atom. The maximum Gasteiger partial charge on any atom is 0.240 e. The summed E-state index contributed by atoms with van der Waals surface area (Å²) in [6, 6.07) is 31.5. The Kier molecular flexibility index (Phi) is 9.21. The van der Waals surface area contributed by atoms with E-state index < -0.39 is 16.3 Å². The van der Waals surface area contributed by atoms with E-state index in [1.807, 2.05) is 72.8 Å². The minimum atomic E-state index is -3.60. The molecule has 0 spiro atoms. The van der Waals surface area contributed by atoms with Gasteiger partial charge in [-0.15, -0.1) is 11.8 Å². The van der Waals surface area contributed by atoms with Gasteiger partial charge in [-0.05, 0) is 41.0 Å². The second-order valence-corrected chi connectivity index (χ2v) is 12.4. The fourth-order valence-corrected chi connectivity index (χ4v) is 6.50. The van der Waals surface area contributed by atoms with E-state index in [1.165, 1.54) is 0 Å². The molecule has 0 saturated carbocycles. The molecule has 0 radical (unpaired) electrons. The summed E-state index contributed by atoms with van der Waals surface area (Å²) in [5, 5.41) is 9.43. The van der Waals surface area contributed by atoms with Crippen LogP contribution in [0.2, 0.25) is 0 Å². The number of ether oxygens (including phenoxy) is 2. The van der Waals surface area contributed by atoms with Crippen molar-refractivity contribution < 1.29 is 23.0 Å². The molecule has 4 aromatic rings. The highest BCUT2D eigenvalue weighted by atomic mass is 32.2. The van der Waals surface area contributed by atoms with Gasteiger partial charge in [0.05, 0.1) is 23.7 Å². The monoisotopic (exact) mass is 576 g/mol. The average Bonchev–Trinajstić information content (AvgIpc) is 3.00. The number of anilines is 1. The van der Waals surface area contributed by atoms with Crippen LogP contribution in [0.15, 0.2) is 113 Å². The van der Waals surface area contributed by atoms with Gasteiger partial charge in [0.1, 0.15) is 0 Å². The Morgan fingerprint density at radius 2 is 1.48 bits per heavy atom. The molecule has 1 unspecified atom stereocenters. The van der Waals surface area contributed by atoms with Crippen LogP contribution in [0.3, 0.4) is 0 Å². The number of nitrogens with one attached hydrogen (secondary N) is 1. The van der Waals surface area contributed by atoms with Crippen molar-refractivity contribution in [3.8, 4) is 0 Å². The van der Waals surface area contributed by atoms with Gasteiger partial charge in [0.25, 0.3) is 0 Å². The predicted molar refractivity (Wildman–Crippen MR) is 157 cm³/mol. The number of hydrogen-bond donors (Lipinski definition) is 3. The van der Waals surface area contributed by atoms with Crippen LogP contribution in [-0.4, -0.2) is 25.4 Å². The van der Waals surface area contributed by atoms with Gasteiger partial charge < -0.3 is 20.3 Å². The molecule has 5 rings (SSSR count). The molecule has 1 heterocycles. The first-order valence-corrected chi connectivity index (χ1v) is 15.5. The molecule has 1 aliphatic rings. The third-order valence-electron chi connectivity index (χ3n) is 6.73. The predicted octanol–water partition coefficient (Wildman–Crippen LogP) is 5.58. The summed E-state index contributed by atoms with van der Waals surface area (Å²) in [7, 11) is -3.60. The van der Waals surface area contributed by atoms with Crippen molar-refractivity contribution >= 4 is 27.5 Å². The Bertz CT molecular complexity index is 1500. The normalized spacial score (nSPS) is 19.4. The van der Waals surface area contributed by atoms with Gasteiger partial charge in [-0.25, -0.2) is 13.1 Å². The largest absolute Gasteiger partial charge is 0.398 e. The molecule has 9 heteroatoms. The van der Waals surface area contributed by atoms with Gasteiger partial charge in [0.2, 0.25) is 10.0 Å². The number of aliphatic hydroxyl groups is 1. The molecule has 1 saturated heterocycles. The lowest BCUT2D eigenvalue weighted by Crippen LogP contribution is -2.31. The van der Waals surface area contributed by atoms with Crippen molar-refractivity contribution in [2.24, 2.45) is 0 Å². The van der Waals surface area contributed by atoms with E-state index in [2.05, 4.69) is 4.72 Å². The smallest absolute Gasteiger partial charge is 0.240 e. The Labute approximate surface area is 239 Å². The number of para-hydroxylation sites is 1. The lowest BCUT2D eigenvalue weighted by molar-refractivity contribution is -0.245. The molecule has 0 aromatic heterocycles. The molecular formula is C31H32N2O5S2. The van der Waals surface area contributed by atoms with Crippen molar-refractivity contribution in [2.45, 2.75) is 47.9 Å². The number of sulfonamides is 1. The van der Waals surface area contributed by atoms with Crippen molar-refractivity contribution in [2.75, 3.05) is 11.5 Å². The van der Waals surface area contributed by atoms with E-state index in [4.69, 9.17) is 15.2 Å². The lowest BCUT2D eigenvalue weighted by Gasteiger charge is -2.36. The highest BCUT2D eigenvalue weighted by molar-refractivity contribution is 7.99. The van der Waals surface area contributed by atoms with Gasteiger partial charge in [-0.3, -0.25) is 0 Å². The third kappa shape index (κ3) is 7.11. The quantitative estimate of drug-likeness (QED) is 0.167. The Hall–Kier alpha value is -3.18. The molecule has 208 valence electrons. The fourth-order valence-electron chi connectivity index (χ4n) is 4.47.